The van der Waals surface area contributed by atoms with Crippen LogP contribution >= 0.6 is 0 Å². The van der Waals surface area contributed by atoms with Gasteiger partial charge in [0.2, 0.25) is 0 Å². The Morgan fingerprint density at radius 3 is 2.65 bits per heavy atom. The monoisotopic (exact) mass is 239 g/mol. The number of esters is 1. The first-order chi connectivity index (χ1) is 7.95. The van der Waals surface area contributed by atoms with Crippen LogP contribution in [-0.4, -0.2) is 28.8 Å². The second kappa shape index (κ2) is 5.54. The van der Waals surface area contributed by atoms with E-state index in [-0.39, 0.29) is 24.5 Å². The number of aromatic hydroxyl groups is 2. The predicted octanol–water partition coefficient (Wildman–Crippen LogP) is 0.839. The molecule has 5 nitrogen and oxygen atoms in total. The van der Waals surface area contributed by atoms with Crippen LogP contribution < -0.4 is 5.73 Å². The summed E-state index contributed by atoms with van der Waals surface area (Å²) in [6.07, 6.45) is 0.177. The van der Waals surface area contributed by atoms with Crippen molar-refractivity contribution < 1.29 is 19.7 Å². The third-order valence-electron chi connectivity index (χ3n) is 2.45. The number of rotatable bonds is 4. The highest BCUT2D eigenvalue weighted by Crippen LogP contribution is 2.27. The second-order valence-corrected chi connectivity index (χ2v) is 3.82. The zero-order valence-corrected chi connectivity index (χ0v) is 9.93. The number of nitrogens with two attached hydrogens (primary N) is 1. The molecule has 1 atom stereocenters. The van der Waals surface area contributed by atoms with Crippen LogP contribution in [0.1, 0.15) is 18.1 Å². The number of ether oxygens (including phenoxy) is 1. The maximum absolute atomic E-state index is 11.4. The fourth-order valence-corrected chi connectivity index (χ4v) is 1.60. The van der Waals surface area contributed by atoms with E-state index >= 15 is 0 Å². The Morgan fingerprint density at radius 1 is 1.47 bits per heavy atom. The Labute approximate surface area is 99.8 Å². The van der Waals surface area contributed by atoms with Crippen molar-refractivity contribution in [2.24, 2.45) is 5.73 Å². The van der Waals surface area contributed by atoms with Gasteiger partial charge in [-0.25, -0.2) is 0 Å². The average molecular weight is 239 g/mol. The molecule has 0 aliphatic carbocycles. The molecule has 1 aromatic carbocycles. The number of phenolic OH excluding ortho intramolecular Hbond substituents is 2. The summed E-state index contributed by atoms with van der Waals surface area (Å²) in [7, 11) is 0. The van der Waals surface area contributed by atoms with E-state index < -0.39 is 12.0 Å². The van der Waals surface area contributed by atoms with Crippen molar-refractivity contribution in [3.63, 3.8) is 0 Å². The van der Waals surface area contributed by atoms with Crippen molar-refractivity contribution in [1.29, 1.82) is 0 Å². The van der Waals surface area contributed by atoms with Crippen LogP contribution in [0.5, 0.6) is 11.5 Å². The molecular weight excluding hydrogens is 222 g/mol. The first-order valence-electron chi connectivity index (χ1n) is 5.39. The van der Waals surface area contributed by atoms with Crippen LogP contribution in [0.2, 0.25) is 0 Å². The summed E-state index contributed by atoms with van der Waals surface area (Å²) in [6, 6.07) is 1.91. The summed E-state index contributed by atoms with van der Waals surface area (Å²) in [5.41, 5.74) is 6.89. The highest BCUT2D eigenvalue weighted by molar-refractivity contribution is 5.76. The van der Waals surface area contributed by atoms with Crippen LogP contribution in [0.25, 0.3) is 0 Å². The highest BCUT2D eigenvalue weighted by Gasteiger charge is 2.18. The number of hydrogen-bond donors (Lipinski definition) is 3. The minimum atomic E-state index is -0.816. The zero-order chi connectivity index (χ0) is 13.0. The van der Waals surface area contributed by atoms with Crippen molar-refractivity contribution in [3.8, 4) is 11.5 Å². The van der Waals surface area contributed by atoms with Crippen LogP contribution in [0.15, 0.2) is 12.1 Å². The van der Waals surface area contributed by atoms with Crippen molar-refractivity contribution in [1.82, 2.24) is 0 Å². The third-order valence-corrected chi connectivity index (χ3v) is 2.45. The maximum atomic E-state index is 11.4. The maximum Gasteiger partial charge on any atom is 0.323 e. The highest BCUT2D eigenvalue weighted by atomic mass is 16.5. The Balaban J connectivity index is 2.85. The summed E-state index contributed by atoms with van der Waals surface area (Å²) in [6.45, 7) is 3.70. The van der Waals surface area contributed by atoms with E-state index in [1.807, 2.05) is 0 Å². The van der Waals surface area contributed by atoms with E-state index in [0.29, 0.717) is 11.1 Å². The Morgan fingerprint density at radius 2 is 2.12 bits per heavy atom. The van der Waals surface area contributed by atoms with Gasteiger partial charge in [0.15, 0.2) is 0 Å². The van der Waals surface area contributed by atoms with Crippen molar-refractivity contribution >= 4 is 5.97 Å². The molecule has 0 saturated heterocycles. The van der Waals surface area contributed by atoms with E-state index in [9.17, 15) is 15.0 Å². The van der Waals surface area contributed by atoms with Gasteiger partial charge in [-0.2, -0.15) is 0 Å². The predicted molar refractivity (Wildman–Crippen MR) is 62.8 cm³/mol. The lowest BCUT2D eigenvalue weighted by atomic mass is 10.00. The molecule has 94 valence electrons. The van der Waals surface area contributed by atoms with E-state index in [4.69, 9.17) is 10.5 Å². The van der Waals surface area contributed by atoms with E-state index in [0.717, 1.165) is 0 Å². The van der Waals surface area contributed by atoms with Crippen molar-refractivity contribution in [3.05, 3.63) is 23.3 Å². The second-order valence-electron chi connectivity index (χ2n) is 3.82. The van der Waals surface area contributed by atoms with Gasteiger partial charge in [0.05, 0.1) is 6.61 Å². The topological polar surface area (TPSA) is 92.8 Å². The minimum Gasteiger partial charge on any atom is -0.508 e. The van der Waals surface area contributed by atoms with Crippen molar-refractivity contribution in [2.75, 3.05) is 6.61 Å². The van der Waals surface area contributed by atoms with Gasteiger partial charge in [-0.15, -0.1) is 0 Å². The number of hydrogen-bond acceptors (Lipinski definition) is 5. The van der Waals surface area contributed by atoms with Crippen molar-refractivity contribution in [2.45, 2.75) is 26.3 Å². The van der Waals surface area contributed by atoms with Gasteiger partial charge < -0.3 is 20.7 Å². The average Bonchev–Trinajstić information content (AvgIpc) is 2.23. The normalized spacial score (nSPS) is 12.2. The summed E-state index contributed by atoms with van der Waals surface area (Å²) < 4.78 is 4.78. The molecule has 5 heteroatoms. The fourth-order valence-electron chi connectivity index (χ4n) is 1.60. The van der Waals surface area contributed by atoms with Gasteiger partial charge in [0.25, 0.3) is 0 Å². The minimum absolute atomic E-state index is 0.0199. The Bertz CT molecular complexity index is 394. The summed E-state index contributed by atoms with van der Waals surface area (Å²) in [5.74, 6) is -0.588. The van der Waals surface area contributed by atoms with Gasteiger partial charge in [-0.1, -0.05) is 0 Å². The molecule has 4 N–H and O–H groups in total. The standard InChI is InChI=1S/C12H17NO4/c1-3-17-12(16)10(13)6-9-7(2)4-8(14)5-11(9)15/h4-5,10,14-15H,3,6,13H2,1-2H3. The SMILES string of the molecule is CCOC(=O)C(N)Cc1c(C)cc(O)cc1O. The number of carbonyl (C=O) groups excluding carboxylic acids is 1. The molecular formula is C12H17NO4. The van der Waals surface area contributed by atoms with E-state index in [1.54, 1.807) is 13.8 Å². The Kier molecular flexibility index (Phi) is 4.34. The number of aryl methyl sites for hydroxylation is 1. The molecule has 0 aliphatic rings. The van der Waals surface area contributed by atoms with Crippen LogP contribution in [0.3, 0.4) is 0 Å². The largest absolute Gasteiger partial charge is 0.508 e. The molecule has 0 heterocycles. The van der Waals surface area contributed by atoms with Gasteiger partial charge in [0.1, 0.15) is 17.5 Å². The molecule has 0 fully saturated rings. The summed E-state index contributed by atoms with van der Waals surface area (Å²) >= 11 is 0. The smallest absolute Gasteiger partial charge is 0.323 e. The van der Waals surface area contributed by atoms with Gasteiger partial charge >= 0.3 is 5.97 Å². The molecule has 1 unspecified atom stereocenters. The molecule has 17 heavy (non-hydrogen) atoms. The van der Waals surface area contributed by atoms with Crippen LogP contribution in [0, 0.1) is 6.92 Å². The molecule has 0 aliphatic heterocycles. The molecule has 0 aromatic heterocycles. The first-order valence-corrected chi connectivity index (χ1v) is 5.39. The molecule has 1 aromatic rings. The summed E-state index contributed by atoms with van der Waals surface area (Å²) in [4.78, 5) is 11.4. The first kappa shape index (κ1) is 13.3. The fraction of sp³-hybridized carbons (Fsp3) is 0.417. The van der Waals surface area contributed by atoms with Crippen LogP contribution in [0.4, 0.5) is 0 Å². The lowest BCUT2D eigenvalue weighted by Gasteiger charge is -2.14. The quantitative estimate of drug-likeness (QED) is 0.677. The third kappa shape index (κ3) is 3.35. The van der Waals surface area contributed by atoms with E-state index in [2.05, 4.69) is 0 Å². The number of carbonyl (C=O) groups is 1. The van der Waals surface area contributed by atoms with Gasteiger partial charge in [0, 0.05) is 12.5 Å². The molecule has 0 spiro atoms. The number of benzene rings is 1. The van der Waals surface area contributed by atoms with Gasteiger partial charge in [-0.3, -0.25) is 4.79 Å². The molecule has 0 radical (unpaired) electrons. The van der Waals surface area contributed by atoms with Gasteiger partial charge in [-0.05, 0) is 31.0 Å². The summed E-state index contributed by atoms with van der Waals surface area (Å²) in [5, 5.41) is 18.9. The molecule has 0 bridgehead atoms. The number of phenols is 2. The molecule has 1 rings (SSSR count). The molecule has 0 saturated carbocycles. The Hall–Kier alpha value is -1.75. The van der Waals surface area contributed by atoms with E-state index in [1.165, 1.54) is 12.1 Å². The molecule has 0 amide bonds. The zero-order valence-electron chi connectivity index (χ0n) is 9.93. The lowest BCUT2D eigenvalue weighted by Crippen LogP contribution is -2.34. The van der Waals surface area contributed by atoms with Crippen LogP contribution in [-0.2, 0) is 16.0 Å². The lowest BCUT2D eigenvalue weighted by molar-refractivity contribution is -0.144.